The van der Waals surface area contributed by atoms with E-state index in [1.54, 1.807) is 24.5 Å². The van der Waals surface area contributed by atoms with E-state index in [4.69, 9.17) is 5.11 Å². The van der Waals surface area contributed by atoms with Gasteiger partial charge in [0.05, 0.1) is 29.0 Å². The van der Waals surface area contributed by atoms with Crippen molar-refractivity contribution in [3.63, 3.8) is 0 Å². The van der Waals surface area contributed by atoms with Crippen molar-refractivity contribution in [2.75, 3.05) is 0 Å². The van der Waals surface area contributed by atoms with Crippen molar-refractivity contribution in [3.05, 3.63) is 66.0 Å². The molecule has 0 aliphatic rings. The molecular formula is C17H16N2O2. The second-order valence-corrected chi connectivity index (χ2v) is 5.00. The van der Waals surface area contributed by atoms with Gasteiger partial charge in [-0.25, -0.2) is 9.78 Å². The standard InChI is InChI=1S/C17H16N2O2/c1-2-15(12-6-4-3-5-7-12)19-11-18-14-9-8-13(17(20)21)10-16(14)19/h3-11,15H,2H2,1H3,(H,20,21). The maximum absolute atomic E-state index is 11.2. The van der Waals surface area contributed by atoms with Crippen LogP contribution in [0.4, 0.5) is 0 Å². The number of hydrogen-bond acceptors (Lipinski definition) is 2. The maximum atomic E-state index is 11.2. The predicted molar refractivity (Wildman–Crippen MR) is 81.6 cm³/mol. The molecule has 1 atom stereocenters. The van der Waals surface area contributed by atoms with E-state index >= 15 is 0 Å². The van der Waals surface area contributed by atoms with Gasteiger partial charge in [-0.15, -0.1) is 0 Å². The number of carbonyl (C=O) groups is 1. The highest BCUT2D eigenvalue weighted by Gasteiger charge is 2.15. The second-order valence-electron chi connectivity index (χ2n) is 5.00. The first kappa shape index (κ1) is 13.4. The Labute approximate surface area is 122 Å². The zero-order chi connectivity index (χ0) is 14.8. The molecule has 0 bridgehead atoms. The number of carboxylic acid groups (broad SMARTS) is 1. The second kappa shape index (κ2) is 5.40. The molecular weight excluding hydrogens is 264 g/mol. The number of aromatic nitrogens is 2. The summed E-state index contributed by atoms with van der Waals surface area (Å²) in [4.78, 5) is 15.5. The van der Waals surface area contributed by atoms with Crippen LogP contribution < -0.4 is 0 Å². The van der Waals surface area contributed by atoms with Crippen LogP contribution in [0.2, 0.25) is 0 Å². The van der Waals surface area contributed by atoms with Gasteiger partial charge in [0.1, 0.15) is 0 Å². The van der Waals surface area contributed by atoms with Gasteiger partial charge < -0.3 is 9.67 Å². The van der Waals surface area contributed by atoms with Crippen molar-refractivity contribution in [1.82, 2.24) is 9.55 Å². The first-order chi connectivity index (χ1) is 10.2. The smallest absolute Gasteiger partial charge is 0.335 e. The molecule has 0 amide bonds. The third kappa shape index (κ3) is 2.40. The van der Waals surface area contributed by atoms with Crippen LogP contribution in [0.25, 0.3) is 11.0 Å². The van der Waals surface area contributed by atoms with E-state index in [1.807, 2.05) is 18.2 Å². The monoisotopic (exact) mass is 280 g/mol. The molecule has 0 fully saturated rings. The van der Waals surface area contributed by atoms with Crippen LogP contribution in [0.3, 0.4) is 0 Å². The molecule has 1 heterocycles. The minimum absolute atomic E-state index is 0.153. The lowest BCUT2D eigenvalue weighted by molar-refractivity contribution is 0.0697. The molecule has 0 aliphatic heterocycles. The van der Waals surface area contributed by atoms with Gasteiger partial charge in [-0.05, 0) is 30.2 Å². The Hall–Kier alpha value is -2.62. The van der Waals surface area contributed by atoms with Gasteiger partial charge in [0, 0.05) is 0 Å². The molecule has 3 rings (SSSR count). The molecule has 3 aromatic rings. The summed E-state index contributed by atoms with van der Waals surface area (Å²) >= 11 is 0. The van der Waals surface area contributed by atoms with E-state index in [-0.39, 0.29) is 11.6 Å². The van der Waals surface area contributed by atoms with Crippen LogP contribution >= 0.6 is 0 Å². The Morgan fingerprint density at radius 2 is 2.00 bits per heavy atom. The van der Waals surface area contributed by atoms with E-state index < -0.39 is 5.97 Å². The molecule has 0 radical (unpaired) electrons. The van der Waals surface area contributed by atoms with Crippen molar-refractivity contribution < 1.29 is 9.90 Å². The average molecular weight is 280 g/mol. The number of fused-ring (bicyclic) bond motifs is 1. The third-order valence-electron chi connectivity index (χ3n) is 3.73. The van der Waals surface area contributed by atoms with Crippen LogP contribution in [0.5, 0.6) is 0 Å². The van der Waals surface area contributed by atoms with Gasteiger partial charge in [0.2, 0.25) is 0 Å². The average Bonchev–Trinajstić information content (AvgIpc) is 2.92. The minimum Gasteiger partial charge on any atom is -0.478 e. The van der Waals surface area contributed by atoms with E-state index in [0.717, 1.165) is 17.5 Å². The normalized spacial score (nSPS) is 12.4. The third-order valence-corrected chi connectivity index (χ3v) is 3.73. The molecule has 4 heteroatoms. The van der Waals surface area contributed by atoms with Crippen molar-refractivity contribution >= 4 is 17.0 Å². The minimum atomic E-state index is -0.919. The number of carboxylic acids is 1. The molecule has 1 N–H and O–H groups in total. The fraction of sp³-hybridized carbons (Fsp3) is 0.176. The Morgan fingerprint density at radius 3 is 2.67 bits per heavy atom. The van der Waals surface area contributed by atoms with Crippen molar-refractivity contribution in [3.8, 4) is 0 Å². The molecule has 4 nitrogen and oxygen atoms in total. The van der Waals surface area contributed by atoms with Gasteiger partial charge in [-0.2, -0.15) is 0 Å². The Balaban J connectivity index is 2.14. The summed E-state index contributed by atoms with van der Waals surface area (Å²) in [5.41, 5.74) is 3.15. The van der Waals surface area contributed by atoms with Gasteiger partial charge in [-0.1, -0.05) is 37.3 Å². The van der Waals surface area contributed by atoms with Crippen LogP contribution in [-0.4, -0.2) is 20.6 Å². The summed E-state index contributed by atoms with van der Waals surface area (Å²) < 4.78 is 2.05. The fourth-order valence-corrected chi connectivity index (χ4v) is 2.68. The number of rotatable bonds is 4. The fourth-order valence-electron chi connectivity index (χ4n) is 2.68. The number of aromatic carboxylic acids is 1. The molecule has 2 aromatic carbocycles. The van der Waals surface area contributed by atoms with Crippen molar-refractivity contribution in [1.29, 1.82) is 0 Å². The van der Waals surface area contributed by atoms with Crippen LogP contribution in [0.15, 0.2) is 54.9 Å². The number of imidazole rings is 1. The summed E-state index contributed by atoms with van der Waals surface area (Å²) in [6.07, 6.45) is 2.70. The lowest BCUT2D eigenvalue weighted by Crippen LogP contribution is -2.08. The summed E-state index contributed by atoms with van der Waals surface area (Å²) in [5, 5.41) is 9.16. The summed E-state index contributed by atoms with van der Waals surface area (Å²) in [6, 6.07) is 15.4. The zero-order valence-corrected chi connectivity index (χ0v) is 11.7. The highest BCUT2D eigenvalue weighted by Crippen LogP contribution is 2.26. The van der Waals surface area contributed by atoms with Crippen LogP contribution in [-0.2, 0) is 0 Å². The van der Waals surface area contributed by atoms with E-state index in [0.29, 0.717) is 0 Å². The number of nitrogens with zero attached hydrogens (tertiary/aromatic N) is 2. The first-order valence-corrected chi connectivity index (χ1v) is 6.95. The lowest BCUT2D eigenvalue weighted by atomic mass is 10.0. The van der Waals surface area contributed by atoms with Gasteiger partial charge in [0.15, 0.2) is 0 Å². The van der Waals surface area contributed by atoms with Crippen molar-refractivity contribution in [2.45, 2.75) is 19.4 Å². The van der Waals surface area contributed by atoms with Crippen molar-refractivity contribution in [2.24, 2.45) is 0 Å². The number of benzene rings is 2. The predicted octanol–water partition coefficient (Wildman–Crippen LogP) is 3.73. The van der Waals surface area contributed by atoms with E-state index in [2.05, 4.69) is 28.6 Å². The Kier molecular flexibility index (Phi) is 3.44. The van der Waals surface area contributed by atoms with E-state index in [1.165, 1.54) is 5.56 Å². The molecule has 1 aromatic heterocycles. The highest BCUT2D eigenvalue weighted by molar-refractivity contribution is 5.92. The molecule has 0 aliphatic carbocycles. The maximum Gasteiger partial charge on any atom is 0.335 e. The summed E-state index contributed by atoms with van der Waals surface area (Å²) in [5.74, 6) is -0.919. The summed E-state index contributed by atoms with van der Waals surface area (Å²) in [6.45, 7) is 2.12. The molecule has 0 saturated carbocycles. The highest BCUT2D eigenvalue weighted by atomic mass is 16.4. The largest absolute Gasteiger partial charge is 0.478 e. The molecule has 0 saturated heterocycles. The Morgan fingerprint density at radius 1 is 1.24 bits per heavy atom. The zero-order valence-electron chi connectivity index (χ0n) is 11.7. The van der Waals surface area contributed by atoms with Gasteiger partial charge >= 0.3 is 5.97 Å². The number of hydrogen-bond donors (Lipinski definition) is 1. The molecule has 0 spiro atoms. The topological polar surface area (TPSA) is 55.1 Å². The van der Waals surface area contributed by atoms with Crippen LogP contribution in [0, 0.1) is 0 Å². The lowest BCUT2D eigenvalue weighted by Gasteiger charge is -2.18. The van der Waals surface area contributed by atoms with Crippen LogP contribution in [0.1, 0.15) is 35.3 Å². The molecule has 21 heavy (non-hydrogen) atoms. The van der Waals surface area contributed by atoms with Gasteiger partial charge in [-0.3, -0.25) is 0 Å². The van der Waals surface area contributed by atoms with Gasteiger partial charge in [0.25, 0.3) is 0 Å². The summed E-state index contributed by atoms with van der Waals surface area (Å²) in [7, 11) is 0. The van der Waals surface area contributed by atoms with E-state index in [9.17, 15) is 4.79 Å². The molecule has 106 valence electrons. The Bertz CT molecular complexity index is 778. The quantitative estimate of drug-likeness (QED) is 0.792. The SMILES string of the molecule is CCC(c1ccccc1)n1cnc2ccc(C(=O)O)cc21. The first-order valence-electron chi connectivity index (χ1n) is 6.95. The molecule has 1 unspecified atom stereocenters.